The Morgan fingerprint density at radius 1 is 0.966 bits per heavy atom. The third-order valence-electron chi connectivity index (χ3n) is 6.09. The lowest BCUT2D eigenvalue weighted by molar-refractivity contribution is -0.0228. The lowest BCUT2D eigenvalue weighted by Gasteiger charge is -2.35. The highest BCUT2D eigenvalue weighted by Gasteiger charge is 2.46. The van der Waals surface area contributed by atoms with Gasteiger partial charge in [0.05, 0.1) is 6.10 Å². The van der Waals surface area contributed by atoms with Crippen molar-refractivity contribution in [2.75, 3.05) is 27.2 Å². The van der Waals surface area contributed by atoms with Crippen LogP contribution in [0.4, 0.5) is 0 Å². The second-order valence-corrected chi connectivity index (χ2v) is 10.3. The molecule has 1 N–H and O–H groups in total. The average molecular weight is 417 g/mol. The van der Waals surface area contributed by atoms with Crippen molar-refractivity contribution in [2.45, 2.75) is 25.0 Å². The number of aliphatic hydroxyl groups is 1. The molecule has 0 radical (unpaired) electrons. The van der Waals surface area contributed by atoms with Gasteiger partial charge in [-0.25, -0.2) is 0 Å². The van der Waals surface area contributed by atoms with Crippen LogP contribution in [-0.2, 0) is 10.2 Å². The molecule has 1 saturated heterocycles. The first-order valence-corrected chi connectivity index (χ1v) is 11.4. The molecule has 1 aliphatic carbocycles. The van der Waals surface area contributed by atoms with Crippen molar-refractivity contribution in [2.24, 2.45) is 11.8 Å². The number of nitrogens with zero attached hydrogens (tertiary/aromatic N) is 2. The molecule has 2 aromatic rings. The predicted molar refractivity (Wildman–Crippen MR) is 113 cm³/mol. The van der Waals surface area contributed by atoms with Crippen molar-refractivity contribution < 1.29 is 18.3 Å². The van der Waals surface area contributed by atoms with Crippen LogP contribution in [0.2, 0.25) is 0 Å². The molecule has 0 bridgehead atoms. The van der Waals surface area contributed by atoms with Crippen LogP contribution in [0.25, 0.3) is 11.1 Å². The molecule has 4 rings (SSSR count). The van der Waals surface area contributed by atoms with Gasteiger partial charge in [-0.2, -0.15) is 17.0 Å². The van der Waals surface area contributed by atoms with Crippen molar-refractivity contribution >= 4 is 10.2 Å². The third-order valence-corrected chi connectivity index (χ3v) is 7.96. The number of hydrogen-bond acceptors (Lipinski definition) is 4. The van der Waals surface area contributed by atoms with Crippen LogP contribution >= 0.6 is 0 Å². The number of fused-ring (bicyclic) bond motifs is 1. The van der Waals surface area contributed by atoms with E-state index >= 15 is 0 Å². The summed E-state index contributed by atoms with van der Waals surface area (Å²) in [6.07, 6.45) is 0.252. The summed E-state index contributed by atoms with van der Waals surface area (Å²) >= 11 is 0. The number of para-hydroxylation sites is 1. The highest BCUT2D eigenvalue weighted by Crippen LogP contribution is 2.40. The standard InChI is InChI=1S/C22H28N2O4S/c1-23(2)29(26,27)24-14-17-12-20(25)22(13-18(17)15-24)28-21-11-7-6-10-19(21)16-8-4-3-5-9-16/h3-11,17-18,20,22,25H,12-15H2,1-2H3/t17-,18+,20+,22+/m0/s1. The fraction of sp³-hybridized carbons (Fsp3) is 0.455. The molecular formula is C22H28N2O4S. The monoisotopic (exact) mass is 416 g/mol. The van der Waals surface area contributed by atoms with E-state index in [1.165, 1.54) is 8.61 Å². The zero-order valence-electron chi connectivity index (χ0n) is 16.8. The second-order valence-electron chi connectivity index (χ2n) is 8.18. The Bertz CT molecular complexity index is 948. The summed E-state index contributed by atoms with van der Waals surface area (Å²) in [5.41, 5.74) is 2.06. The summed E-state index contributed by atoms with van der Waals surface area (Å²) in [5.74, 6) is 1.11. The van der Waals surface area contributed by atoms with Crippen molar-refractivity contribution in [3.05, 3.63) is 54.6 Å². The first-order chi connectivity index (χ1) is 13.9. The van der Waals surface area contributed by atoms with E-state index in [-0.39, 0.29) is 17.9 Å². The first-order valence-electron chi connectivity index (χ1n) is 10.0. The fourth-order valence-electron chi connectivity index (χ4n) is 4.48. The van der Waals surface area contributed by atoms with Crippen LogP contribution in [0.3, 0.4) is 0 Å². The van der Waals surface area contributed by atoms with E-state index < -0.39 is 16.3 Å². The minimum Gasteiger partial charge on any atom is -0.487 e. The fourth-order valence-corrected chi connectivity index (χ4v) is 5.70. The summed E-state index contributed by atoms with van der Waals surface area (Å²) < 4.78 is 34.1. The van der Waals surface area contributed by atoms with Gasteiger partial charge in [0, 0.05) is 32.7 Å². The van der Waals surface area contributed by atoms with E-state index in [2.05, 4.69) is 0 Å². The molecule has 0 amide bonds. The lowest BCUT2D eigenvalue weighted by Crippen LogP contribution is -2.42. The van der Waals surface area contributed by atoms with Gasteiger partial charge >= 0.3 is 0 Å². The zero-order valence-corrected chi connectivity index (χ0v) is 17.6. The zero-order chi connectivity index (χ0) is 20.6. The normalized spacial score (nSPS) is 27.7. The van der Waals surface area contributed by atoms with Crippen LogP contribution in [-0.4, -0.2) is 61.5 Å². The Hall–Kier alpha value is -1.93. The highest BCUT2D eigenvalue weighted by molar-refractivity contribution is 7.86. The quantitative estimate of drug-likeness (QED) is 0.814. The van der Waals surface area contributed by atoms with Gasteiger partial charge in [-0.1, -0.05) is 48.5 Å². The molecule has 6 nitrogen and oxygen atoms in total. The summed E-state index contributed by atoms with van der Waals surface area (Å²) in [5, 5.41) is 10.7. The lowest BCUT2D eigenvalue weighted by atomic mass is 9.78. The topological polar surface area (TPSA) is 70.1 Å². The molecule has 29 heavy (non-hydrogen) atoms. The van der Waals surface area contributed by atoms with Crippen LogP contribution < -0.4 is 4.74 Å². The van der Waals surface area contributed by atoms with E-state index in [9.17, 15) is 13.5 Å². The molecular weight excluding hydrogens is 388 g/mol. The van der Waals surface area contributed by atoms with Gasteiger partial charge in [-0.05, 0) is 36.3 Å². The number of benzene rings is 2. The average Bonchev–Trinajstić information content (AvgIpc) is 3.13. The minimum absolute atomic E-state index is 0.170. The van der Waals surface area contributed by atoms with E-state index in [1.54, 1.807) is 14.1 Å². The van der Waals surface area contributed by atoms with Crippen LogP contribution in [0, 0.1) is 11.8 Å². The molecule has 2 aromatic carbocycles. The maximum Gasteiger partial charge on any atom is 0.281 e. The van der Waals surface area contributed by atoms with Crippen molar-refractivity contribution in [1.82, 2.24) is 8.61 Å². The predicted octanol–water partition coefficient (Wildman–Crippen LogP) is 2.61. The highest BCUT2D eigenvalue weighted by atomic mass is 32.2. The maximum absolute atomic E-state index is 12.5. The van der Waals surface area contributed by atoms with Gasteiger partial charge in [-0.3, -0.25) is 0 Å². The maximum atomic E-state index is 12.5. The Morgan fingerprint density at radius 2 is 1.59 bits per heavy atom. The molecule has 7 heteroatoms. The van der Waals surface area contributed by atoms with Gasteiger partial charge in [0.1, 0.15) is 11.9 Å². The Kier molecular flexibility index (Phi) is 5.66. The molecule has 0 spiro atoms. The largest absolute Gasteiger partial charge is 0.487 e. The SMILES string of the molecule is CN(C)S(=O)(=O)N1C[C@H]2C[C@@H](Oc3ccccc3-c3ccccc3)[C@H](O)C[C@H]2C1. The minimum atomic E-state index is -3.43. The van der Waals surface area contributed by atoms with Gasteiger partial charge in [0.25, 0.3) is 10.2 Å². The summed E-state index contributed by atoms with van der Waals surface area (Å²) in [4.78, 5) is 0. The molecule has 1 saturated carbocycles. The smallest absolute Gasteiger partial charge is 0.281 e. The number of hydrogen-bond donors (Lipinski definition) is 1. The number of aliphatic hydroxyl groups excluding tert-OH is 1. The molecule has 156 valence electrons. The molecule has 2 aliphatic rings. The number of rotatable bonds is 5. The first kappa shape index (κ1) is 20.3. The molecule has 1 heterocycles. The van der Waals surface area contributed by atoms with Gasteiger partial charge < -0.3 is 9.84 Å². The van der Waals surface area contributed by atoms with Crippen molar-refractivity contribution in [3.8, 4) is 16.9 Å². The number of ether oxygens (including phenoxy) is 1. The van der Waals surface area contributed by atoms with Gasteiger partial charge in [0.15, 0.2) is 0 Å². The Labute approximate surface area is 172 Å². The third kappa shape index (κ3) is 4.05. The summed E-state index contributed by atoms with van der Waals surface area (Å²) in [6.45, 7) is 0.952. The molecule has 0 aromatic heterocycles. The van der Waals surface area contributed by atoms with Crippen LogP contribution in [0.5, 0.6) is 5.75 Å². The second kappa shape index (κ2) is 8.07. The van der Waals surface area contributed by atoms with Crippen molar-refractivity contribution in [3.63, 3.8) is 0 Å². The Morgan fingerprint density at radius 3 is 2.28 bits per heavy atom. The molecule has 0 unspecified atom stereocenters. The van der Waals surface area contributed by atoms with Crippen LogP contribution in [0.1, 0.15) is 12.8 Å². The van der Waals surface area contributed by atoms with E-state index in [0.717, 1.165) is 16.9 Å². The van der Waals surface area contributed by atoms with E-state index in [1.807, 2.05) is 54.6 Å². The van der Waals surface area contributed by atoms with Crippen molar-refractivity contribution in [1.29, 1.82) is 0 Å². The molecule has 4 atom stereocenters. The van der Waals surface area contributed by atoms with Gasteiger partial charge in [-0.15, -0.1) is 0 Å². The molecule has 2 fully saturated rings. The van der Waals surface area contributed by atoms with Crippen LogP contribution in [0.15, 0.2) is 54.6 Å². The summed E-state index contributed by atoms with van der Waals surface area (Å²) in [7, 11) is -0.319. The Balaban J connectivity index is 1.51. The molecule has 1 aliphatic heterocycles. The van der Waals surface area contributed by atoms with E-state index in [0.29, 0.717) is 25.9 Å². The summed E-state index contributed by atoms with van der Waals surface area (Å²) in [6, 6.07) is 17.9. The van der Waals surface area contributed by atoms with E-state index in [4.69, 9.17) is 4.74 Å². The van der Waals surface area contributed by atoms with Gasteiger partial charge in [0.2, 0.25) is 0 Å².